The molecular formula is C13H18N2O2S. The summed E-state index contributed by atoms with van der Waals surface area (Å²) in [6.07, 6.45) is 1.17. The molecule has 1 aromatic rings. The number of carbonyl (C=O) groups excluding carboxylic acids is 2. The second-order valence-corrected chi connectivity index (χ2v) is 6.20. The van der Waals surface area contributed by atoms with Crippen molar-refractivity contribution in [2.45, 2.75) is 38.8 Å². The van der Waals surface area contributed by atoms with E-state index in [1.165, 1.54) is 14.7 Å². The third-order valence-electron chi connectivity index (χ3n) is 3.17. The Morgan fingerprint density at radius 1 is 1.50 bits per heavy atom. The first-order valence-electron chi connectivity index (χ1n) is 6.09. The molecule has 5 heteroatoms. The molecule has 1 fully saturated rings. The monoisotopic (exact) mass is 266 g/mol. The molecule has 1 aliphatic heterocycles. The number of aryl methyl sites for hydroxylation is 1. The maximum absolute atomic E-state index is 11.8. The van der Waals surface area contributed by atoms with Crippen LogP contribution in [0.2, 0.25) is 0 Å². The third kappa shape index (κ3) is 2.79. The topological polar surface area (TPSA) is 49.4 Å². The highest BCUT2D eigenvalue weighted by Gasteiger charge is 2.36. The van der Waals surface area contributed by atoms with Crippen LogP contribution >= 0.6 is 11.3 Å². The fourth-order valence-corrected chi connectivity index (χ4v) is 3.20. The lowest BCUT2D eigenvalue weighted by Gasteiger charge is -2.17. The molecule has 1 N–H and O–H groups in total. The van der Waals surface area contributed by atoms with E-state index in [1.807, 2.05) is 6.92 Å². The van der Waals surface area contributed by atoms with Gasteiger partial charge in [0.15, 0.2) is 0 Å². The van der Waals surface area contributed by atoms with Gasteiger partial charge >= 0.3 is 0 Å². The first-order valence-corrected chi connectivity index (χ1v) is 6.91. The van der Waals surface area contributed by atoms with Crippen molar-refractivity contribution in [2.75, 3.05) is 7.05 Å². The summed E-state index contributed by atoms with van der Waals surface area (Å²) in [7, 11) is 1.54. The molecule has 0 bridgehead atoms. The maximum Gasteiger partial charge on any atom is 0.246 e. The van der Waals surface area contributed by atoms with Crippen molar-refractivity contribution in [3.63, 3.8) is 0 Å². The van der Waals surface area contributed by atoms with Gasteiger partial charge in [-0.2, -0.15) is 0 Å². The van der Waals surface area contributed by atoms with E-state index in [1.54, 1.807) is 18.4 Å². The van der Waals surface area contributed by atoms with Gasteiger partial charge < -0.3 is 5.32 Å². The number of imide groups is 1. The van der Waals surface area contributed by atoms with Crippen LogP contribution in [0.5, 0.6) is 0 Å². The predicted molar refractivity (Wildman–Crippen MR) is 71.5 cm³/mol. The highest BCUT2D eigenvalue weighted by molar-refractivity contribution is 7.11. The Hall–Kier alpha value is -1.20. The molecule has 0 aliphatic carbocycles. The van der Waals surface area contributed by atoms with Gasteiger partial charge in [-0.15, -0.1) is 11.3 Å². The summed E-state index contributed by atoms with van der Waals surface area (Å²) < 4.78 is 0. The van der Waals surface area contributed by atoms with Gasteiger partial charge in [0.25, 0.3) is 0 Å². The molecule has 0 radical (unpaired) electrons. The molecule has 0 spiro atoms. The summed E-state index contributed by atoms with van der Waals surface area (Å²) in [6, 6.07) is 4.06. The number of carbonyl (C=O) groups is 2. The molecule has 1 aliphatic rings. The molecule has 2 unspecified atom stereocenters. The van der Waals surface area contributed by atoms with Gasteiger partial charge in [0.1, 0.15) is 0 Å². The molecule has 4 nitrogen and oxygen atoms in total. The lowest BCUT2D eigenvalue weighted by molar-refractivity contribution is -0.137. The van der Waals surface area contributed by atoms with E-state index in [0.717, 1.165) is 6.42 Å². The molecule has 1 aromatic heterocycles. The van der Waals surface area contributed by atoms with Crippen molar-refractivity contribution in [1.29, 1.82) is 0 Å². The highest BCUT2D eigenvalue weighted by Crippen LogP contribution is 2.18. The minimum absolute atomic E-state index is 0.100. The number of likely N-dealkylation sites (tertiary alicyclic amines) is 1. The predicted octanol–water partition coefficient (Wildman–Crippen LogP) is 1.33. The number of hydrogen-bond donors (Lipinski definition) is 1. The zero-order valence-electron chi connectivity index (χ0n) is 10.9. The van der Waals surface area contributed by atoms with Crippen LogP contribution in [-0.4, -0.2) is 35.8 Å². The van der Waals surface area contributed by atoms with Crippen molar-refractivity contribution in [2.24, 2.45) is 0 Å². The van der Waals surface area contributed by atoms with Crippen LogP contribution in [0.1, 0.15) is 23.1 Å². The smallest absolute Gasteiger partial charge is 0.246 e. The first kappa shape index (κ1) is 13.2. The van der Waals surface area contributed by atoms with Crippen LogP contribution in [0.4, 0.5) is 0 Å². The molecule has 0 aromatic carbocycles. The summed E-state index contributed by atoms with van der Waals surface area (Å²) in [5.74, 6) is -0.217. The number of hydrogen-bond acceptors (Lipinski definition) is 4. The number of likely N-dealkylation sites (N-methyl/N-ethyl adjacent to an activating group) is 1. The first-order chi connectivity index (χ1) is 8.47. The van der Waals surface area contributed by atoms with E-state index in [9.17, 15) is 9.59 Å². The highest BCUT2D eigenvalue weighted by atomic mass is 32.1. The molecule has 2 heterocycles. The second kappa shape index (κ2) is 5.20. The molecule has 1 saturated heterocycles. The van der Waals surface area contributed by atoms with E-state index in [2.05, 4.69) is 24.4 Å². The van der Waals surface area contributed by atoms with E-state index in [4.69, 9.17) is 0 Å². The third-order valence-corrected chi connectivity index (χ3v) is 4.19. The van der Waals surface area contributed by atoms with Gasteiger partial charge in [0.05, 0.1) is 12.5 Å². The van der Waals surface area contributed by atoms with Gasteiger partial charge in [-0.05, 0) is 32.4 Å². The average molecular weight is 266 g/mol. The van der Waals surface area contributed by atoms with Crippen molar-refractivity contribution < 1.29 is 9.59 Å². The minimum atomic E-state index is -0.349. The SMILES string of the molecule is Cc1ccc(CC(C)NC2CC(=O)N(C)C2=O)s1. The summed E-state index contributed by atoms with van der Waals surface area (Å²) in [4.78, 5) is 27.0. The Morgan fingerprint density at radius 3 is 2.72 bits per heavy atom. The van der Waals surface area contributed by atoms with Crippen LogP contribution in [0.3, 0.4) is 0 Å². The fourth-order valence-electron chi connectivity index (χ4n) is 2.18. The summed E-state index contributed by atoms with van der Waals surface area (Å²) in [6.45, 7) is 4.13. The van der Waals surface area contributed by atoms with Gasteiger partial charge in [-0.1, -0.05) is 0 Å². The number of nitrogens with one attached hydrogen (secondary N) is 1. The number of amides is 2. The Kier molecular flexibility index (Phi) is 3.82. The Morgan fingerprint density at radius 2 is 2.22 bits per heavy atom. The Labute approximate surface area is 111 Å². The lowest BCUT2D eigenvalue weighted by Crippen LogP contribution is -2.42. The Bertz CT molecular complexity index is 469. The van der Waals surface area contributed by atoms with E-state index in [0.29, 0.717) is 0 Å². The van der Waals surface area contributed by atoms with Crippen molar-refractivity contribution >= 4 is 23.2 Å². The molecule has 2 amide bonds. The molecule has 2 rings (SSSR count). The van der Waals surface area contributed by atoms with Crippen molar-refractivity contribution in [3.8, 4) is 0 Å². The Balaban J connectivity index is 1.90. The van der Waals surface area contributed by atoms with Crippen molar-refractivity contribution in [1.82, 2.24) is 10.2 Å². The van der Waals surface area contributed by atoms with Gasteiger partial charge in [0.2, 0.25) is 11.8 Å². The summed E-state index contributed by atoms with van der Waals surface area (Å²) >= 11 is 1.77. The van der Waals surface area contributed by atoms with Crippen molar-refractivity contribution in [3.05, 3.63) is 21.9 Å². The number of rotatable bonds is 4. The van der Waals surface area contributed by atoms with Gasteiger partial charge in [-0.3, -0.25) is 14.5 Å². The lowest BCUT2D eigenvalue weighted by atomic mass is 10.1. The minimum Gasteiger partial charge on any atom is -0.303 e. The molecular weight excluding hydrogens is 248 g/mol. The summed E-state index contributed by atoms with van der Waals surface area (Å²) in [5.41, 5.74) is 0. The standard InChI is InChI=1S/C13H18N2O2S/c1-8(6-10-5-4-9(2)18-10)14-11-7-12(16)15(3)13(11)17/h4-5,8,11,14H,6-7H2,1-3H3. The van der Waals surface area contributed by atoms with Crippen LogP contribution in [-0.2, 0) is 16.0 Å². The molecule has 18 heavy (non-hydrogen) atoms. The second-order valence-electron chi connectivity index (χ2n) is 4.83. The maximum atomic E-state index is 11.8. The van der Waals surface area contributed by atoms with Crippen LogP contribution < -0.4 is 5.32 Å². The van der Waals surface area contributed by atoms with Gasteiger partial charge in [0, 0.05) is 22.8 Å². The zero-order chi connectivity index (χ0) is 13.3. The number of thiophene rings is 1. The quantitative estimate of drug-likeness (QED) is 0.837. The molecule has 0 saturated carbocycles. The summed E-state index contributed by atoms with van der Waals surface area (Å²) in [5, 5.41) is 3.24. The van der Waals surface area contributed by atoms with Gasteiger partial charge in [-0.25, -0.2) is 0 Å². The number of nitrogens with zero attached hydrogens (tertiary/aromatic N) is 1. The fraction of sp³-hybridized carbons (Fsp3) is 0.538. The average Bonchev–Trinajstić information content (AvgIpc) is 2.80. The van der Waals surface area contributed by atoms with Crippen LogP contribution in [0.15, 0.2) is 12.1 Å². The van der Waals surface area contributed by atoms with E-state index in [-0.39, 0.29) is 30.3 Å². The molecule has 2 atom stereocenters. The zero-order valence-corrected chi connectivity index (χ0v) is 11.7. The normalized spacial score (nSPS) is 21.7. The van der Waals surface area contributed by atoms with E-state index < -0.39 is 0 Å². The molecule has 98 valence electrons. The van der Waals surface area contributed by atoms with Crippen LogP contribution in [0.25, 0.3) is 0 Å². The van der Waals surface area contributed by atoms with Crippen LogP contribution in [0, 0.1) is 6.92 Å². The largest absolute Gasteiger partial charge is 0.303 e. The van der Waals surface area contributed by atoms with E-state index >= 15 is 0 Å².